The molecule has 0 aliphatic heterocycles. The van der Waals surface area contributed by atoms with Gasteiger partial charge in [-0.15, -0.1) is 0 Å². The second-order valence-electron chi connectivity index (χ2n) is 5.91. The maximum atomic E-state index is 5.43. The Labute approximate surface area is 122 Å². The van der Waals surface area contributed by atoms with Crippen molar-refractivity contribution in [3.05, 3.63) is 6.42 Å². The number of hydrogen-bond acceptors (Lipinski definition) is 1. The van der Waals surface area contributed by atoms with E-state index in [1.54, 1.807) is 0 Å². The molecule has 1 heteroatoms. The minimum absolute atomic E-state index is 0.748. The summed E-state index contributed by atoms with van der Waals surface area (Å²) in [4.78, 5) is 0. The zero-order valence-corrected chi connectivity index (χ0v) is 13.5. The average Bonchev–Trinajstić information content (AvgIpc) is 2.43. The topological polar surface area (TPSA) is 26.0 Å². The first-order valence-corrected chi connectivity index (χ1v) is 8.93. The van der Waals surface area contributed by atoms with Crippen molar-refractivity contribution in [2.75, 3.05) is 6.54 Å². The molecule has 0 unspecified atom stereocenters. The van der Waals surface area contributed by atoms with Crippen LogP contribution in [0, 0.1) is 6.42 Å². The Hall–Kier alpha value is -0.0400. The van der Waals surface area contributed by atoms with Gasteiger partial charge in [-0.1, -0.05) is 96.8 Å². The van der Waals surface area contributed by atoms with Crippen molar-refractivity contribution in [1.82, 2.24) is 0 Å². The molecule has 0 atom stereocenters. The lowest BCUT2D eigenvalue weighted by Gasteiger charge is -2.03. The molecule has 0 aromatic rings. The summed E-state index contributed by atoms with van der Waals surface area (Å²) in [6, 6.07) is 0. The SMILES string of the molecule is CCCCCCCCCCCCCCCC[CH]CN. The fourth-order valence-corrected chi connectivity index (χ4v) is 2.60. The van der Waals surface area contributed by atoms with Gasteiger partial charge < -0.3 is 5.73 Å². The third-order valence-electron chi connectivity index (χ3n) is 3.93. The maximum Gasteiger partial charge on any atom is -0.00457 e. The summed E-state index contributed by atoms with van der Waals surface area (Å²) < 4.78 is 0. The van der Waals surface area contributed by atoms with E-state index < -0.39 is 0 Å². The number of unbranched alkanes of at least 4 members (excludes halogenated alkanes) is 15. The molecule has 0 saturated heterocycles. The molecule has 1 nitrogen and oxygen atoms in total. The second kappa shape index (κ2) is 18.0. The number of hydrogen-bond donors (Lipinski definition) is 1. The third-order valence-corrected chi connectivity index (χ3v) is 3.93. The number of rotatable bonds is 16. The minimum atomic E-state index is 0.748. The lowest BCUT2D eigenvalue weighted by atomic mass is 10.0. The monoisotopic (exact) mass is 268 g/mol. The van der Waals surface area contributed by atoms with E-state index >= 15 is 0 Å². The summed E-state index contributed by atoms with van der Waals surface area (Å²) in [6.45, 7) is 3.04. The quantitative estimate of drug-likeness (QED) is 0.340. The van der Waals surface area contributed by atoms with Crippen LogP contribution in [-0.2, 0) is 0 Å². The van der Waals surface area contributed by atoms with Crippen LogP contribution in [0.5, 0.6) is 0 Å². The van der Waals surface area contributed by atoms with Gasteiger partial charge in [-0.3, -0.25) is 0 Å². The Morgan fingerprint density at radius 2 is 0.947 bits per heavy atom. The molecule has 0 saturated carbocycles. The molecular formula is C18H38N. The summed E-state index contributed by atoms with van der Waals surface area (Å²) in [6.07, 6.45) is 23.5. The molecule has 0 bridgehead atoms. The van der Waals surface area contributed by atoms with Crippen molar-refractivity contribution in [3.63, 3.8) is 0 Å². The van der Waals surface area contributed by atoms with Gasteiger partial charge in [-0.05, 0) is 19.4 Å². The smallest absolute Gasteiger partial charge is 0.00457 e. The average molecular weight is 269 g/mol. The maximum absolute atomic E-state index is 5.43. The highest BCUT2D eigenvalue weighted by molar-refractivity contribution is 4.64. The van der Waals surface area contributed by atoms with Crippen LogP contribution in [-0.4, -0.2) is 6.54 Å². The zero-order valence-electron chi connectivity index (χ0n) is 13.5. The van der Waals surface area contributed by atoms with Gasteiger partial charge in [0.2, 0.25) is 0 Å². The van der Waals surface area contributed by atoms with Crippen LogP contribution in [0.1, 0.15) is 103 Å². The second-order valence-corrected chi connectivity index (χ2v) is 5.91. The Kier molecular flexibility index (Phi) is 17.9. The van der Waals surface area contributed by atoms with Gasteiger partial charge in [-0.25, -0.2) is 0 Å². The first-order chi connectivity index (χ1) is 9.41. The van der Waals surface area contributed by atoms with Gasteiger partial charge in [-0.2, -0.15) is 0 Å². The Morgan fingerprint density at radius 1 is 0.579 bits per heavy atom. The molecule has 0 aliphatic rings. The predicted molar refractivity (Wildman–Crippen MR) is 88.3 cm³/mol. The third kappa shape index (κ3) is 18.0. The van der Waals surface area contributed by atoms with Crippen molar-refractivity contribution in [2.45, 2.75) is 103 Å². The highest BCUT2D eigenvalue weighted by Gasteiger charge is 1.94. The zero-order chi connectivity index (χ0) is 14.0. The molecule has 0 heterocycles. The molecule has 0 spiro atoms. The molecule has 0 rings (SSSR count). The van der Waals surface area contributed by atoms with Crippen LogP contribution >= 0.6 is 0 Å². The van der Waals surface area contributed by atoms with E-state index in [-0.39, 0.29) is 0 Å². The van der Waals surface area contributed by atoms with Crippen LogP contribution in [0.2, 0.25) is 0 Å². The van der Waals surface area contributed by atoms with Gasteiger partial charge in [0.05, 0.1) is 0 Å². The summed E-state index contributed by atoms with van der Waals surface area (Å²) in [5.41, 5.74) is 5.43. The van der Waals surface area contributed by atoms with Gasteiger partial charge >= 0.3 is 0 Å². The van der Waals surface area contributed by atoms with Crippen LogP contribution in [0.15, 0.2) is 0 Å². The first kappa shape index (κ1) is 19.0. The van der Waals surface area contributed by atoms with Crippen LogP contribution < -0.4 is 5.73 Å². The molecule has 0 aromatic heterocycles. The van der Waals surface area contributed by atoms with E-state index in [2.05, 4.69) is 13.3 Å². The van der Waals surface area contributed by atoms with E-state index in [1.165, 1.54) is 96.3 Å². The van der Waals surface area contributed by atoms with Crippen molar-refractivity contribution >= 4 is 0 Å². The van der Waals surface area contributed by atoms with Crippen molar-refractivity contribution < 1.29 is 0 Å². The van der Waals surface area contributed by atoms with Crippen molar-refractivity contribution in [2.24, 2.45) is 5.73 Å². The molecule has 0 aliphatic carbocycles. The van der Waals surface area contributed by atoms with Crippen LogP contribution in [0.25, 0.3) is 0 Å². The molecule has 19 heavy (non-hydrogen) atoms. The summed E-state index contributed by atoms with van der Waals surface area (Å²) >= 11 is 0. The molecule has 1 radical (unpaired) electrons. The van der Waals surface area contributed by atoms with Gasteiger partial charge in [0.25, 0.3) is 0 Å². The Balaban J connectivity index is 2.88. The van der Waals surface area contributed by atoms with Crippen molar-refractivity contribution in [1.29, 1.82) is 0 Å². The number of nitrogens with two attached hydrogens (primary N) is 1. The Bertz CT molecular complexity index is 129. The van der Waals surface area contributed by atoms with Crippen LogP contribution in [0.3, 0.4) is 0 Å². The molecular weight excluding hydrogens is 230 g/mol. The lowest BCUT2D eigenvalue weighted by molar-refractivity contribution is 0.535. The summed E-state index contributed by atoms with van der Waals surface area (Å²) in [5.74, 6) is 0. The van der Waals surface area contributed by atoms with E-state index in [0.29, 0.717) is 0 Å². The molecule has 2 N–H and O–H groups in total. The lowest BCUT2D eigenvalue weighted by Crippen LogP contribution is -1.98. The van der Waals surface area contributed by atoms with E-state index in [4.69, 9.17) is 5.73 Å². The first-order valence-electron chi connectivity index (χ1n) is 8.93. The minimum Gasteiger partial charge on any atom is -0.330 e. The van der Waals surface area contributed by atoms with E-state index in [9.17, 15) is 0 Å². The molecule has 0 fully saturated rings. The predicted octanol–water partition coefficient (Wildman–Crippen LogP) is 6.02. The highest BCUT2D eigenvalue weighted by Crippen LogP contribution is 2.13. The largest absolute Gasteiger partial charge is 0.330 e. The fourth-order valence-electron chi connectivity index (χ4n) is 2.60. The standard InChI is InChI=1S/C18H38N/c1-2-3-4-5-6-7-8-9-10-11-12-13-14-15-16-17-18-19/h17H,2-16,18-19H2,1H3. The van der Waals surface area contributed by atoms with Crippen molar-refractivity contribution in [3.8, 4) is 0 Å². The molecule has 115 valence electrons. The molecule has 0 amide bonds. The fraction of sp³-hybridized carbons (Fsp3) is 0.944. The Morgan fingerprint density at radius 3 is 1.32 bits per heavy atom. The van der Waals surface area contributed by atoms with Crippen LogP contribution in [0.4, 0.5) is 0 Å². The van der Waals surface area contributed by atoms with Gasteiger partial charge in [0.15, 0.2) is 0 Å². The normalized spacial score (nSPS) is 11.1. The summed E-state index contributed by atoms with van der Waals surface area (Å²) in [5, 5.41) is 0. The van der Waals surface area contributed by atoms with Gasteiger partial charge in [0.1, 0.15) is 0 Å². The highest BCUT2D eigenvalue weighted by atomic mass is 14.5. The van der Waals surface area contributed by atoms with E-state index in [0.717, 1.165) is 6.54 Å². The van der Waals surface area contributed by atoms with Gasteiger partial charge in [0, 0.05) is 0 Å². The molecule has 0 aromatic carbocycles. The van der Waals surface area contributed by atoms with E-state index in [1.807, 2.05) is 0 Å². The summed E-state index contributed by atoms with van der Waals surface area (Å²) in [7, 11) is 0.